The predicted octanol–water partition coefficient (Wildman–Crippen LogP) is 4.62. The van der Waals surface area contributed by atoms with Crippen molar-refractivity contribution in [3.63, 3.8) is 0 Å². The Labute approximate surface area is 158 Å². The number of unbranched alkanes of at least 4 members (excludes halogenated alkanes) is 1. The highest BCUT2D eigenvalue weighted by Crippen LogP contribution is 2.24. The third-order valence-corrected chi connectivity index (χ3v) is 4.05. The Bertz CT molecular complexity index is 540. The van der Waals surface area contributed by atoms with Crippen LogP contribution in [0.4, 0.5) is 5.69 Å². The topological polar surface area (TPSA) is 58.6 Å². The van der Waals surface area contributed by atoms with E-state index in [-0.39, 0.29) is 11.8 Å². The second-order valence-corrected chi connectivity index (χ2v) is 6.48. The van der Waals surface area contributed by atoms with E-state index in [9.17, 15) is 9.59 Å². The van der Waals surface area contributed by atoms with Crippen molar-refractivity contribution in [2.75, 3.05) is 25.0 Å². The molecule has 0 heterocycles. The van der Waals surface area contributed by atoms with Gasteiger partial charge in [-0.1, -0.05) is 39.3 Å². The summed E-state index contributed by atoms with van der Waals surface area (Å²) < 4.78 is 5.73. The van der Waals surface area contributed by atoms with Crippen molar-refractivity contribution in [3.8, 4) is 5.75 Å². The molecule has 5 nitrogen and oxygen atoms in total. The van der Waals surface area contributed by atoms with Crippen LogP contribution in [0.15, 0.2) is 24.3 Å². The van der Waals surface area contributed by atoms with Gasteiger partial charge in [0, 0.05) is 25.9 Å². The lowest BCUT2D eigenvalue weighted by molar-refractivity contribution is -0.131. The Balaban J connectivity index is 2.43. The number of nitrogens with one attached hydrogen (secondary N) is 1. The Hall–Kier alpha value is -2.04. The van der Waals surface area contributed by atoms with Gasteiger partial charge in [0.25, 0.3) is 0 Å². The largest absolute Gasteiger partial charge is 0.491 e. The number of carbonyl (C=O) groups excluding carboxylic acids is 2. The first-order valence-corrected chi connectivity index (χ1v) is 9.91. The number of ether oxygens (including phenoxy) is 1. The molecule has 146 valence electrons. The number of anilines is 1. The van der Waals surface area contributed by atoms with Gasteiger partial charge in [0.1, 0.15) is 5.75 Å². The van der Waals surface area contributed by atoms with Crippen molar-refractivity contribution >= 4 is 17.5 Å². The molecule has 0 radical (unpaired) electrons. The van der Waals surface area contributed by atoms with Crippen molar-refractivity contribution in [1.29, 1.82) is 0 Å². The van der Waals surface area contributed by atoms with E-state index in [2.05, 4.69) is 26.1 Å². The summed E-state index contributed by atoms with van der Waals surface area (Å²) in [7, 11) is 0. The fourth-order valence-corrected chi connectivity index (χ4v) is 2.69. The van der Waals surface area contributed by atoms with Crippen molar-refractivity contribution in [2.24, 2.45) is 0 Å². The minimum Gasteiger partial charge on any atom is -0.491 e. The van der Waals surface area contributed by atoms with E-state index >= 15 is 0 Å². The Morgan fingerprint density at radius 2 is 1.65 bits per heavy atom. The van der Waals surface area contributed by atoms with Gasteiger partial charge in [0.05, 0.1) is 12.3 Å². The zero-order valence-electron chi connectivity index (χ0n) is 16.6. The van der Waals surface area contributed by atoms with Crippen LogP contribution in [-0.2, 0) is 9.59 Å². The molecule has 2 amide bonds. The van der Waals surface area contributed by atoms with E-state index in [1.807, 2.05) is 29.2 Å². The maximum absolute atomic E-state index is 12.2. The molecule has 1 N–H and O–H groups in total. The van der Waals surface area contributed by atoms with Crippen LogP contribution in [0.5, 0.6) is 5.75 Å². The summed E-state index contributed by atoms with van der Waals surface area (Å²) >= 11 is 0. The lowest BCUT2D eigenvalue weighted by Gasteiger charge is -2.21. The summed E-state index contributed by atoms with van der Waals surface area (Å²) in [5, 5.41) is 2.90. The molecule has 0 aliphatic heterocycles. The molecule has 0 bridgehead atoms. The standard InChI is InChI=1S/C21H34N2O3/c1-4-7-17-26-19-12-9-8-11-18(19)22-20(24)13-10-14-21(25)23(15-5-2)16-6-3/h8-9,11-12H,4-7,10,13-17H2,1-3H3,(H,22,24). The van der Waals surface area contributed by atoms with Gasteiger partial charge < -0.3 is 15.0 Å². The highest BCUT2D eigenvalue weighted by molar-refractivity contribution is 5.92. The summed E-state index contributed by atoms with van der Waals surface area (Å²) in [6.07, 6.45) is 5.28. The second-order valence-electron chi connectivity index (χ2n) is 6.48. The Morgan fingerprint density at radius 3 is 2.31 bits per heavy atom. The number of para-hydroxylation sites is 2. The van der Waals surface area contributed by atoms with Gasteiger partial charge >= 0.3 is 0 Å². The molecule has 0 aliphatic carbocycles. The number of benzene rings is 1. The molecule has 0 unspecified atom stereocenters. The second kappa shape index (κ2) is 13.2. The lowest BCUT2D eigenvalue weighted by atomic mass is 10.2. The third kappa shape index (κ3) is 8.37. The summed E-state index contributed by atoms with van der Waals surface area (Å²) in [5.41, 5.74) is 0.693. The molecule has 0 atom stereocenters. The van der Waals surface area contributed by atoms with Gasteiger partial charge in [0.2, 0.25) is 11.8 Å². The Kier molecular flexibility index (Phi) is 11.2. The molecule has 0 saturated carbocycles. The lowest BCUT2D eigenvalue weighted by Crippen LogP contribution is -2.32. The minimum atomic E-state index is -0.0816. The Morgan fingerprint density at radius 1 is 0.962 bits per heavy atom. The van der Waals surface area contributed by atoms with Crippen LogP contribution in [-0.4, -0.2) is 36.4 Å². The van der Waals surface area contributed by atoms with Crippen LogP contribution in [0.2, 0.25) is 0 Å². The van der Waals surface area contributed by atoms with Crippen molar-refractivity contribution in [1.82, 2.24) is 4.90 Å². The molecule has 0 saturated heterocycles. The van der Waals surface area contributed by atoms with Crippen LogP contribution >= 0.6 is 0 Å². The summed E-state index contributed by atoms with van der Waals surface area (Å²) in [4.78, 5) is 26.3. The number of hydrogen-bond donors (Lipinski definition) is 1. The van der Waals surface area contributed by atoms with E-state index in [1.165, 1.54) is 0 Å². The van der Waals surface area contributed by atoms with E-state index in [4.69, 9.17) is 4.74 Å². The smallest absolute Gasteiger partial charge is 0.224 e. The van der Waals surface area contributed by atoms with Crippen molar-refractivity contribution in [3.05, 3.63) is 24.3 Å². The number of amides is 2. The van der Waals surface area contributed by atoms with Crippen LogP contribution < -0.4 is 10.1 Å². The molecule has 1 aromatic carbocycles. The van der Waals surface area contributed by atoms with E-state index in [0.717, 1.165) is 38.8 Å². The SMILES string of the molecule is CCCCOc1ccccc1NC(=O)CCCC(=O)N(CCC)CCC. The molecule has 1 rings (SSSR count). The van der Waals surface area contributed by atoms with Crippen LogP contribution in [0, 0.1) is 0 Å². The predicted molar refractivity (Wildman–Crippen MR) is 106 cm³/mol. The molecular formula is C21H34N2O3. The number of rotatable bonds is 13. The van der Waals surface area contributed by atoms with Crippen LogP contribution in [0.1, 0.15) is 65.7 Å². The maximum Gasteiger partial charge on any atom is 0.224 e. The van der Waals surface area contributed by atoms with Gasteiger partial charge in [-0.05, 0) is 37.8 Å². The molecule has 26 heavy (non-hydrogen) atoms. The zero-order chi connectivity index (χ0) is 19.2. The van der Waals surface area contributed by atoms with Crippen LogP contribution in [0.3, 0.4) is 0 Å². The highest BCUT2D eigenvalue weighted by atomic mass is 16.5. The first-order chi connectivity index (χ1) is 12.6. The third-order valence-electron chi connectivity index (χ3n) is 4.05. The fraction of sp³-hybridized carbons (Fsp3) is 0.619. The number of nitrogens with zero attached hydrogens (tertiary/aromatic N) is 1. The van der Waals surface area contributed by atoms with E-state index < -0.39 is 0 Å². The van der Waals surface area contributed by atoms with Gasteiger partial charge in [-0.2, -0.15) is 0 Å². The van der Waals surface area contributed by atoms with Gasteiger partial charge in [-0.3, -0.25) is 9.59 Å². The molecule has 0 aliphatic rings. The van der Waals surface area contributed by atoms with Gasteiger partial charge in [-0.25, -0.2) is 0 Å². The fourth-order valence-electron chi connectivity index (χ4n) is 2.69. The molecular weight excluding hydrogens is 328 g/mol. The van der Waals surface area contributed by atoms with E-state index in [0.29, 0.717) is 37.3 Å². The van der Waals surface area contributed by atoms with Crippen molar-refractivity contribution < 1.29 is 14.3 Å². The molecule has 5 heteroatoms. The first-order valence-electron chi connectivity index (χ1n) is 9.91. The minimum absolute atomic E-state index is 0.0816. The normalized spacial score (nSPS) is 10.4. The molecule has 1 aromatic rings. The van der Waals surface area contributed by atoms with E-state index in [1.54, 1.807) is 0 Å². The van der Waals surface area contributed by atoms with Crippen molar-refractivity contribution in [2.45, 2.75) is 65.7 Å². The molecule has 0 fully saturated rings. The monoisotopic (exact) mass is 362 g/mol. The molecule has 0 spiro atoms. The number of hydrogen-bond acceptors (Lipinski definition) is 3. The zero-order valence-corrected chi connectivity index (χ0v) is 16.6. The summed E-state index contributed by atoms with van der Waals surface area (Å²) in [5.74, 6) is 0.758. The van der Waals surface area contributed by atoms with Gasteiger partial charge in [-0.15, -0.1) is 0 Å². The van der Waals surface area contributed by atoms with Gasteiger partial charge in [0.15, 0.2) is 0 Å². The quantitative estimate of drug-likeness (QED) is 0.521. The first kappa shape index (κ1) is 22.0. The average molecular weight is 363 g/mol. The highest BCUT2D eigenvalue weighted by Gasteiger charge is 2.13. The maximum atomic E-state index is 12.2. The van der Waals surface area contributed by atoms with Crippen LogP contribution in [0.25, 0.3) is 0 Å². The summed E-state index contributed by atoms with van der Waals surface area (Å²) in [6, 6.07) is 7.47. The average Bonchev–Trinajstić information content (AvgIpc) is 2.63. The summed E-state index contributed by atoms with van der Waals surface area (Å²) in [6.45, 7) is 8.48. The molecule has 0 aromatic heterocycles. The number of carbonyl (C=O) groups is 2.